The second-order valence-corrected chi connectivity index (χ2v) is 3.73. The van der Waals surface area contributed by atoms with Crippen molar-refractivity contribution in [1.29, 1.82) is 0 Å². The predicted molar refractivity (Wildman–Crippen MR) is 52.9 cm³/mol. The van der Waals surface area contributed by atoms with Crippen LogP contribution >= 0.6 is 0 Å². The molecule has 0 spiro atoms. The Morgan fingerprint density at radius 1 is 1.46 bits per heavy atom. The zero-order valence-corrected chi connectivity index (χ0v) is 8.71. The summed E-state index contributed by atoms with van der Waals surface area (Å²) >= 11 is 0. The van der Waals surface area contributed by atoms with Gasteiger partial charge in [-0.1, -0.05) is 25.9 Å². The zero-order chi connectivity index (χ0) is 10.3. The number of hydrogen-bond donors (Lipinski definition) is 2. The first-order valence-corrected chi connectivity index (χ1v) is 4.60. The standard InChI is InChI=1S/C9H20N2O2/c1-4-6-13-7-5-9(2,3)8(10)11-12/h12H,4-7H2,1-3H3,(H2,10,11). The van der Waals surface area contributed by atoms with Gasteiger partial charge in [-0.05, 0) is 12.8 Å². The molecule has 0 bridgehead atoms. The van der Waals surface area contributed by atoms with E-state index in [9.17, 15) is 0 Å². The van der Waals surface area contributed by atoms with Crippen molar-refractivity contribution in [3.05, 3.63) is 0 Å². The maximum Gasteiger partial charge on any atom is 0.144 e. The molecule has 0 fully saturated rings. The lowest BCUT2D eigenvalue weighted by Gasteiger charge is -2.22. The van der Waals surface area contributed by atoms with Crippen molar-refractivity contribution in [3.63, 3.8) is 0 Å². The van der Waals surface area contributed by atoms with Crippen molar-refractivity contribution in [1.82, 2.24) is 0 Å². The molecule has 0 radical (unpaired) electrons. The smallest absolute Gasteiger partial charge is 0.144 e. The first kappa shape index (κ1) is 12.2. The summed E-state index contributed by atoms with van der Waals surface area (Å²) in [6, 6.07) is 0. The molecule has 0 aliphatic rings. The predicted octanol–water partition coefficient (Wildman–Crippen LogP) is 1.58. The van der Waals surface area contributed by atoms with Crippen LogP contribution in [0.3, 0.4) is 0 Å². The molecule has 0 aromatic carbocycles. The molecule has 78 valence electrons. The van der Waals surface area contributed by atoms with Crippen LogP contribution in [0.1, 0.15) is 33.6 Å². The van der Waals surface area contributed by atoms with E-state index < -0.39 is 0 Å². The third kappa shape index (κ3) is 4.72. The minimum absolute atomic E-state index is 0.257. The van der Waals surface area contributed by atoms with Gasteiger partial charge in [0.25, 0.3) is 0 Å². The highest BCUT2D eigenvalue weighted by Crippen LogP contribution is 2.20. The molecule has 3 N–H and O–H groups in total. The Morgan fingerprint density at radius 2 is 2.08 bits per heavy atom. The number of nitrogens with two attached hydrogens (primary N) is 1. The van der Waals surface area contributed by atoms with Crippen LogP contribution in [-0.4, -0.2) is 24.3 Å². The van der Waals surface area contributed by atoms with Gasteiger partial charge in [-0.2, -0.15) is 0 Å². The zero-order valence-electron chi connectivity index (χ0n) is 8.71. The summed E-state index contributed by atoms with van der Waals surface area (Å²) in [7, 11) is 0. The lowest BCUT2D eigenvalue weighted by atomic mass is 9.88. The van der Waals surface area contributed by atoms with Crippen molar-refractivity contribution in [2.24, 2.45) is 16.3 Å². The van der Waals surface area contributed by atoms with Crippen LogP contribution in [0.5, 0.6) is 0 Å². The quantitative estimate of drug-likeness (QED) is 0.218. The summed E-state index contributed by atoms with van der Waals surface area (Å²) in [5.74, 6) is 0.257. The van der Waals surface area contributed by atoms with Gasteiger partial charge in [0, 0.05) is 18.6 Å². The second-order valence-electron chi connectivity index (χ2n) is 3.73. The van der Waals surface area contributed by atoms with Crippen molar-refractivity contribution in [2.45, 2.75) is 33.6 Å². The van der Waals surface area contributed by atoms with E-state index in [-0.39, 0.29) is 11.3 Å². The van der Waals surface area contributed by atoms with Crippen LogP contribution in [0, 0.1) is 5.41 Å². The van der Waals surface area contributed by atoms with Crippen molar-refractivity contribution in [2.75, 3.05) is 13.2 Å². The Bertz CT molecular complexity index is 167. The van der Waals surface area contributed by atoms with Crippen LogP contribution in [0.15, 0.2) is 5.16 Å². The van der Waals surface area contributed by atoms with Gasteiger partial charge in [-0.3, -0.25) is 0 Å². The molecule has 0 aliphatic carbocycles. The summed E-state index contributed by atoms with van der Waals surface area (Å²) in [4.78, 5) is 0. The van der Waals surface area contributed by atoms with E-state index in [0.29, 0.717) is 6.61 Å². The third-order valence-electron chi connectivity index (χ3n) is 2.02. The van der Waals surface area contributed by atoms with Crippen LogP contribution in [0.4, 0.5) is 0 Å². The van der Waals surface area contributed by atoms with E-state index in [1.54, 1.807) is 0 Å². The third-order valence-corrected chi connectivity index (χ3v) is 2.02. The second kappa shape index (κ2) is 5.80. The van der Waals surface area contributed by atoms with E-state index in [1.807, 2.05) is 13.8 Å². The van der Waals surface area contributed by atoms with Crippen molar-refractivity contribution < 1.29 is 9.94 Å². The molecular formula is C9H20N2O2. The number of amidine groups is 1. The molecule has 0 rings (SSSR count). The molecule has 4 nitrogen and oxygen atoms in total. The Labute approximate surface area is 79.8 Å². The Hall–Kier alpha value is -0.770. The van der Waals surface area contributed by atoms with E-state index in [2.05, 4.69) is 12.1 Å². The molecule has 0 aliphatic heterocycles. The highest BCUT2D eigenvalue weighted by Gasteiger charge is 2.22. The van der Waals surface area contributed by atoms with E-state index >= 15 is 0 Å². The van der Waals surface area contributed by atoms with Gasteiger partial charge in [0.1, 0.15) is 5.84 Å². The van der Waals surface area contributed by atoms with Crippen LogP contribution in [-0.2, 0) is 4.74 Å². The minimum atomic E-state index is -0.289. The van der Waals surface area contributed by atoms with Gasteiger partial charge >= 0.3 is 0 Å². The van der Waals surface area contributed by atoms with Gasteiger partial charge in [-0.25, -0.2) is 0 Å². The number of oxime groups is 1. The normalized spacial score (nSPS) is 13.3. The minimum Gasteiger partial charge on any atom is -0.409 e. The number of ether oxygens (including phenoxy) is 1. The van der Waals surface area contributed by atoms with Crippen LogP contribution in [0.2, 0.25) is 0 Å². The lowest BCUT2D eigenvalue weighted by molar-refractivity contribution is 0.116. The maximum atomic E-state index is 8.50. The Balaban J connectivity index is 3.76. The van der Waals surface area contributed by atoms with Gasteiger partial charge in [0.15, 0.2) is 0 Å². The van der Waals surface area contributed by atoms with Crippen molar-refractivity contribution >= 4 is 5.84 Å². The summed E-state index contributed by atoms with van der Waals surface area (Å²) in [5, 5.41) is 11.5. The van der Waals surface area contributed by atoms with Gasteiger partial charge in [0.05, 0.1) is 0 Å². The monoisotopic (exact) mass is 188 g/mol. The maximum absolute atomic E-state index is 8.50. The molecule has 0 heterocycles. The molecule has 0 amide bonds. The summed E-state index contributed by atoms with van der Waals surface area (Å²) in [5.41, 5.74) is 5.22. The fourth-order valence-electron chi connectivity index (χ4n) is 0.837. The molecular weight excluding hydrogens is 168 g/mol. The fourth-order valence-corrected chi connectivity index (χ4v) is 0.837. The summed E-state index contributed by atoms with van der Waals surface area (Å²) in [6.07, 6.45) is 1.78. The highest BCUT2D eigenvalue weighted by atomic mass is 16.5. The average Bonchev–Trinajstić information content (AvgIpc) is 2.11. The SMILES string of the molecule is CCCOCCC(C)(C)C(N)=NO. The topological polar surface area (TPSA) is 67.8 Å². The summed E-state index contributed by atoms with van der Waals surface area (Å²) in [6.45, 7) is 7.34. The first-order valence-electron chi connectivity index (χ1n) is 4.60. The highest BCUT2D eigenvalue weighted by molar-refractivity contribution is 5.85. The average molecular weight is 188 g/mol. The van der Waals surface area contributed by atoms with Crippen LogP contribution in [0.25, 0.3) is 0 Å². The van der Waals surface area contributed by atoms with Gasteiger partial charge in [0.2, 0.25) is 0 Å². The van der Waals surface area contributed by atoms with E-state index in [1.165, 1.54) is 0 Å². The summed E-state index contributed by atoms with van der Waals surface area (Å²) < 4.78 is 5.32. The first-order chi connectivity index (χ1) is 6.04. The molecule has 0 aromatic heterocycles. The van der Waals surface area contributed by atoms with Gasteiger partial charge < -0.3 is 15.7 Å². The molecule has 0 atom stereocenters. The Kier molecular flexibility index (Phi) is 5.46. The van der Waals surface area contributed by atoms with Crippen LogP contribution < -0.4 is 5.73 Å². The fraction of sp³-hybridized carbons (Fsp3) is 0.889. The molecule has 0 unspecified atom stereocenters. The van der Waals surface area contributed by atoms with E-state index in [4.69, 9.17) is 15.7 Å². The molecule has 0 saturated heterocycles. The van der Waals surface area contributed by atoms with Gasteiger partial charge in [-0.15, -0.1) is 0 Å². The number of hydrogen-bond acceptors (Lipinski definition) is 3. The number of nitrogens with zero attached hydrogens (tertiary/aromatic N) is 1. The lowest BCUT2D eigenvalue weighted by Crippen LogP contribution is -2.33. The molecule has 0 aromatic rings. The molecule has 13 heavy (non-hydrogen) atoms. The Morgan fingerprint density at radius 3 is 2.54 bits per heavy atom. The molecule has 0 saturated carbocycles. The largest absolute Gasteiger partial charge is 0.409 e. The molecule has 4 heteroatoms. The number of rotatable bonds is 6. The van der Waals surface area contributed by atoms with E-state index in [0.717, 1.165) is 19.4 Å². The van der Waals surface area contributed by atoms with Crippen molar-refractivity contribution in [3.8, 4) is 0 Å².